The van der Waals surface area contributed by atoms with Crippen LogP contribution in [-0.4, -0.2) is 22.7 Å². The molecule has 1 heterocycles. The number of amides is 1. The van der Waals surface area contributed by atoms with E-state index in [-0.39, 0.29) is 17.8 Å². The maximum Gasteiger partial charge on any atom is 0.411 e. The molecular weight excluding hydrogens is 316 g/mol. The van der Waals surface area contributed by atoms with Crippen LogP contribution in [0.4, 0.5) is 10.5 Å². The molecule has 134 valence electrons. The molecule has 0 spiro atoms. The summed E-state index contributed by atoms with van der Waals surface area (Å²) in [5.41, 5.74) is 5.90. The lowest BCUT2D eigenvalue weighted by Gasteiger charge is -2.23. The largest absolute Gasteiger partial charge is 0.465 e. The number of pyridine rings is 1. The smallest absolute Gasteiger partial charge is 0.411 e. The minimum atomic E-state index is -1.11. The standard InChI is InChI=1S/C20H26N2O3/c1-6-16-14(5)21-19(23)18(22(7-2)20(24)25)17(16)11-15-9-12(3)8-13(4)10-15/h8-10H,6-7,11H2,1-5H3,(H,21,23)(H,24,25). The normalized spacial score (nSPS) is 10.8. The molecule has 0 radical (unpaired) electrons. The van der Waals surface area contributed by atoms with Crippen molar-refractivity contribution < 1.29 is 9.90 Å². The second-order valence-electron chi connectivity index (χ2n) is 6.44. The van der Waals surface area contributed by atoms with Gasteiger partial charge in [-0.05, 0) is 50.8 Å². The highest BCUT2D eigenvalue weighted by Gasteiger charge is 2.23. The third-order valence-corrected chi connectivity index (χ3v) is 4.45. The van der Waals surface area contributed by atoms with Gasteiger partial charge in [-0.15, -0.1) is 0 Å². The van der Waals surface area contributed by atoms with Crippen molar-refractivity contribution in [1.82, 2.24) is 4.98 Å². The zero-order valence-corrected chi connectivity index (χ0v) is 15.6. The van der Waals surface area contributed by atoms with E-state index in [0.717, 1.165) is 44.8 Å². The molecule has 0 fully saturated rings. The van der Waals surface area contributed by atoms with Gasteiger partial charge in [-0.3, -0.25) is 9.69 Å². The van der Waals surface area contributed by atoms with Gasteiger partial charge < -0.3 is 10.1 Å². The van der Waals surface area contributed by atoms with Crippen molar-refractivity contribution in [2.75, 3.05) is 11.4 Å². The molecular formula is C20H26N2O3. The van der Waals surface area contributed by atoms with E-state index in [1.807, 2.05) is 27.7 Å². The Morgan fingerprint density at radius 3 is 2.16 bits per heavy atom. The predicted octanol–water partition coefficient (Wildman–Crippen LogP) is 3.96. The van der Waals surface area contributed by atoms with Crippen LogP contribution in [0.15, 0.2) is 23.0 Å². The third-order valence-electron chi connectivity index (χ3n) is 4.45. The molecule has 0 saturated heterocycles. The number of nitrogens with zero attached hydrogens (tertiary/aromatic N) is 1. The molecule has 0 bridgehead atoms. The summed E-state index contributed by atoms with van der Waals surface area (Å²) in [5, 5.41) is 9.54. The topological polar surface area (TPSA) is 73.4 Å². The first kappa shape index (κ1) is 18.8. The van der Waals surface area contributed by atoms with Gasteiger partial charge >= 0.3 is 6.09 Å². The number of carbonyl (C=O) groups is 1. The number of aryl methyl sites for hydroxylation is 3. The van der Waals surface area contributed by atoms with E-state index in [0.29, 0.717) is 6.42 Å². The van der Waals surface area contributed by atoms with Crippen molar-refractivity contribution in [3.63, 3.8) is 0 Å². The third kappa shape index (κ3) is 3.92. The van der Waals surface area contributed by atoms with Crippen molar-refractivity contribution in [1.29, 1.82) is 0 Å². The van der Waals surface area contributed by atoms with Crippen molar-refractivity contribution in [3.8, 4) is 0 Å². The van der Waals surface area contributed by atoms with Crippen molar-refractivity contribution in [3.05, 3.63) is 62.1 Å². The minimum absolute atomic E-state index is 0.227. The lowest BCUT2D eigenvalue weighted by atomic mass is 9.94. The lowest BCUT2D eigenvalue weighted by molar-refractivity contribution is 0.202. The fraction of sp³-hybridized carbons (Fsp3) is 0.400. The van der Waals surface area contributed by atoms with E-state index in [4.69, 9.17) is 0 Å². The van der Waals surface area contributed by atoms with Gasteiger partial charge in [-0.25, -0.2) is 4.79 Å². The second kappa shape index (κ2) is 7.55. The molecule has 2 aromatic rings. The molecule has 0 unspecified atom stereocenters. The maximum atomic E-state index is 12.6. The molecule has 5 heteroatoms. The molecule has 2 rings (SSSR count). The highest BCUT2D eigenvalue weighted by atomic mass is 16.4. The van der Waals surface area contributed by atoms with Crippen LogP contribution in [0.1, 0.15) is 47.4 Å². The van der Waals surface area contributed by atoms with Crippen LogP contribution in [0.3, 0.4) is 0 Å². The van der Waals surface area contributed by atoms with E-state index in [1.165, 1.54) is 0 Å². The van der Waals surface area contributed by atoms with Gasteiger partial charge in [0.15, 0.2) is 0 Å². The Morgan fingerprint density at radius 2 is 1.68 bits per heavy atom. The minimum Gasteiger partial charge on any atom is -0.465 e. The van der Waals surface area contributed by atoms with Gasteiger partial charge in [0.1, 0.15) is 5.69 Å². The van der Waals surface area contributed by atoms with Crippen LogP contribution < -0.4 is 10.5 Å². The average molecular weight is 342 g/mol. The van der Waals surface area contributed by atoms with Gasteiger partial charge in [0.05, 0.1) is 0 Å². The molecule has 25 heavy (non-hydrogen) atoms. The molecule has 1 aromatic carbocycles. The Hall–Kier alpha value is -2.56. The summed E-state index contributed by atoms with van der Waals surface area (Å²) in [6.45, 7) is 9.93. The van der Waals surface area contributed by atoms with Crippen LogP contribution in [-0.2, 0) is 12.8 Å². The Kier molecular flexibility index (Phi) is 5.67. The summed E-state index contributed by atoms with van der Waals surface area (Å²) >= 11 is 0. The van der Waals surface area contributed by atoms with Crippen LogP contribution in [0.5, 0.6) is 0 Å². The van der Waals surface area contributed by atoms with Crippen LogP contribution in [0, 0.1) is 20.8 Å². The van der Waals surface area contributed by atoms with E-state index >= 15 is 0 Å². The summed E-state index contributed by atoms with van der Waals surface area (Å²) in [5.74, 6) is 0. The van der Waals surface area contributed by atoms with Crippen molar-refractivity contribution in [2.45, 2.75) is 47.5 Å². The molecule has 0 aliphatic heterocycles. The molecule has 0 aliphatic rings. The number of carboxylic acid groups (broad SMARTS) is 1. The summed E-state index contributed by atoms with van der Waals surface area (Å²) in [6.07, 6.45) is 0.156. The Labute approximate surface area is 148 Å². The molecule has 2 N–H and O–H groups in total. The Bertz CT molecular complexity index is 833. The van der Waals surface area contributed by atoms with Gasteiger partial charge in [0.25, 0.3) is 5.56 Å². The monoisotopic (exact) mass is 342 g/mol. The van der Waals surface area contributed by atoms with Gasteiger partial charge in [0.2, 0.25) is 0 Å². The SMILES string of the molecule is CCc1c(C)[nH]c(=O)c(N(CC)C(=O)O)c1Cc1cc(C)cc(C)c1. The lowest BCUT2D eigenvalue weighted by Crippen LogP contribution is -2.35. The first-order valence-electron chi connectivity index (χ1n) is 8.60. The number of H-pyrrole nitrogens is 1. The first-order chi connectivity index (χ1) is 11.8. The number of hydrogen-bond acceptors (Lipinski definition) is 2. The number of aromatic amines is 1. The van der Waals surface area contributed by atoms with E-state index < -0.39 is 6.09 Å². The number of hydrogen-bond donors (Lipinski definition) is 2. The Balaban J connectivity index is 2.72. The molecule has 0 atom stereocenters. The van der Waals surface area contributed by atoms with E-state index in [9.17, 15) is 14.7 Å². The van der Waals surface area contributed by atoms with Crippen molar-refractivity contribution >= 4 is 11.8 Å². The van der Waals surface area contributed by atoms with Gasteiger partial charge in [-0.1, -0.05) is 36.2 Å². The van der Waals surface area contributed by atoms with Gasteiger partial charge in [0, 0.05) is 18.7 Å². The number of aromatic nitrogens is 1. The second-order valence-corrected chi connectivity index (χ2v) is 6.44. The highest BCUT2D eigenvalue weighted by Crippen LogP contribution is 2.26. The average Bonchev–Trinajstić information content (AvgIpc) is 2.49. The summed E-state index contributed by atoms with van der Waals surface area (Å²) in [6, 6.07) is 6.28. The first-order valence-corrected chi connectivity index (χ1v) is 8.60. The van der Waals surface area contributed by atoms with E-state index in [1.54, 1.807) is 6.92 Å². The molecule has 0 saturated carbocycles. The quantitative estimate of drug-likeness (QED) is 0.864. The number of benzene rings is 1. The maximum absolute atomic E-state index is 12.6. The molecule has 1 amide bonds. The predicted molar refractivity (Wildman–Crippen MR) is 101 cm³/mol. The van der Waals surface area contributed by atoms with Crippen LogP contribution >= 0.6 is 0 Å². The zero-order chi connectivity index (χ0) is 18.7. The fourth-order valence-electron chi connectivity index (χ4n) is 3.53. The molecule has 1 aromatic heterocycles. The molecule has 5 nitrogen and oxygen atoms in total. The fourth-order valence-corrected chi connectivity index (χ4v) is 3.53. The number of anilines is 1. The van der Waals surface area contributed by atoms with Crippen LogP contribution in [0.25, 0.3) is 0 Å². The zero-order valence-electron chi connectivity index (χ0n) is 15.6. The van der Waals surface area contributed by atoms with Crippen LogP contribution in [0.2, 0.25) is 0 Å². The Morgan fingerprint density at radius 1 is 1.08 bits per heavy atom. The van der Waals surface area contributed by atoms with Gasteiger partial charge in [-0.2, -0.15) is 0 Å². The molecule has 0 aliphatic carbocycles. The summed E-state index contributed by atoms with van der Waals surface area (Å²) in [7, 11) is 0. The summed E-state index contributed by atoms with van der Waals surface area (Å²) < 4.78 is 0. The van der Waals surface area contributed by atoms with Crippen molar-refractivity contribution in [2.24, 2.45) is 0 Å². The number of nitrogens with one attached hydrogen (secondary N) is 1. The summed E-state index contributed by atoms with van der Waals surface area (Å²) in [4.78, 5) is 28.2. The number of rotatable bonds is 5. The highest BCUT2D eigenvalue weighted by molar-refractivity contribution is 5.87. The van der Waals surface area contributed by atoms with E-state index in [2.05, 4.69) is 23.2 Å².